The molecule has 2 aromatic carbocycles. The van der Waals surface area contributed by atoms with Crippen LogP contribution in [0.1, 0.15) is 37.9 Å². The third-order valence-corrected chi connectivity index (χ3v) is 6.66. The number of anilines is 1. The number of aryl methyl sites for hydroxylation is 1. The van der Waals surface area contributed by atoms with Crippen LogP contribution < -0.4 is 10.6 Å². The van der Waals surface area contributed by atoms with Crippen LogP contribution in [0.2, 0.25) is 0 Å². The second-order valence-electron chi connectivity index (χ2n) is 6.68. The van der Waals surface area contributed by atoms with Crippen molar-refractivity contribution in [3.8, 4) is 0 Å². The highest BCUT2D eigenvalue weighted by Gasteiger charge is 2.21. The van der Waals surface area contributed by atoms with Gasteiger partial charge < -0.3 is 10.6 Å². The van der Waals surface area contributed by atoms with E-state index in [2.05, 4.69) is 10.6 Å². The Morgan fingerprint density at radius 2 is 1.71 bits per heavy atom. The summed E-state index contributed by atoms with van der Waals surface area (Å²) in [6.45, 7) is 8.60. The maximum Gasteiger partial charge on any atom is 0.243 e. The highest BCUT2D eigenvalue weighted by molar-refractivity contribution is 7.89. The number of carbonyl (C=O) groups is 1. The monoisotopic (exact) mass is 403 g/mol. The minimum atomic E-state index is -3.46. The second-order valence-corrected chi connectivity index (χ2v) is 8.62. The zero-order valence-electron chi connectivity index (χ0n) is 16.9. The van der Waals surface area contributed by atoms with Gasteiger partial charge in [0, 0.05) is 24.8 Å². The molecule has 0 aromatic heterocycles. The van der Waals surface area contributed by atoms with E-state index >= 15 is 0 Å². The summed E-state index contributed by atoms with van der Waals surface area (Å²) in [6, 6.07) is 14.4. The number of hydrogen-bond acceptors (Lipinski definition) is 4. The first-order valence-electron chi connectivity index (χ1n) is 9.48. The van der Waals surface area contributed by atoms with Crippen LogP contribution in [0.3, 0.4) is 0 Å². The molecule has 152 valence electrons. The highest BCUT2D eigenvalue weighted by Crippen LogP contribution is 2.19. The van der Waals surface area contributed by atoms with Crippen LogP contribution in [-0.2, 0) is 14.8 Å². The van der Waals surface area contributed by atoms with E-state index in [0.29, 0.717) is 13.1 Å². The van der Waals surface area contributed by atoms with Crippen LogP contribution in [0.15, 0.2) is 53.4 Å². The van der Waals surface area contributed by atoms with Gasteiger partial charge in [-0.2, -0.15) is 4.31 Å². The van der Waals surface area contributed by atoms with Gasteiger partial charge in [0.25, 0.3) is 0 Å². The van der Waals surface area contributed by atoms with Crippen molar-refractivity contribution in [2.45, 2.75) is 38.6 Å². The lowest BCUT2D eigenvalue weighted by Gasteiger charge is -2.19. The molecule has 0 bridgehead atoms. The smallest absolute Gasteiger partial charge is 0.243 e. The minimum Gasteiger partial charge on any atom is -0.325 e. The molecule has 1 amide bonds. The number of rotatable bonds is 9. The number of amides is 1. The van der Waals surface area contributed by atoms with Gasteiger partial charge in [0.1, 0.15) is 0 Å². The largest absolute Gasteiger partial charge is 0.325 e. The van der Waals surface area contributed by atoms with Crippen LogP contribution in [0.25, 0.3) is 0 Å². The Morgan fingerprint density at radius 1 is 1.07 bits per heavy atom. The molecule has 0 aliphatic rings. The Labute approximate surface area is 168 Å². The molecule has 0 aliphatic carbocycles. The molecule has 7 heteroatoms. The molecular formula is C21H29N3O3S. The van der Waals surface area contributed by atoms with Crippen LogP contribution in [0.5, 0.6) is 0 Å². The van der Waals surface area contributed by atoms with Gasteiger partial charge in [-0.05, 0) is 49.2 Å². The molecule has 2 N–H and O–H groups in total. The van der Waals surface area contributed by atoms with E-state index in [0.717, 1.165) is 16.8 Å². The highest BCUT2D eigenvalue weighted by atomic mass is 32.2. The van der Waals surface area contributed by atoms with Crippen LogP contribution in [0.4, 0.5) is 5.69 Å². The van der Waals surface area contributed by atoms with Gasteiger partial charge in [0.15, 0.2) is 0 Å². The molecule has 0 aliphatic heterocycles. The first kappa shape index (κ1) is 22.1. The van der Waals surface area contributed by atoms with Gasteiger partial charge in [-0.1, -0.05) is 38.1 Å². The van der Waals surface area contributed by atoms with Crippen molar-refractivity contribution >= 4 is 21.6 Å². The molecule has 0 saturated heterocycles. The zero-order chi connectivity index (χ0) is 20.7. The molecular weight excluding hydrogens is 374 g/mol. The van der Waals surface area contributed by atoms with Crippen molar-refractivity contribution in [3.63, 3.8) is 0 Å². The molecule has 0 radical (unpaired) electrons. The minimum absolute atomic E-state index is 0.0894. The lowest BCUT2D eigenvalue weighted by molar-refractivity contribution is -0.115. The molecule has 0 fully saturated rings. The van der Waals surface area contributed by atoms with E-state index in [1.54, 1.807) is 24.3 Å². The van der Waals surface area contributed by atoms with Gasteiger partial charge in [-0.15, -0.1) is 0 Å². The lowest BCUT2D eigenvalue weighted by Crippen LogP contribution is -2.31. The topological polar surface area (TPSA) is 78.5 Å². The van der Waals surface area contributed by atoms with Crippen molar-refractivity contribution in [3.05, 3.63) is 59.7 Å². The summed E-state index contributed by atoms with van der Waals surface area (Å²) >= 11 is 0. The fourth-order valence-corrected chi connectivity index (χ4v) is 4.39. The van der Waals surface area contributed by atoms with Gasteiger partial charge in [-0.25, -0.2) is 8.42 Å². The van der Waals surface area contributed by atoms with E-state index in [1.807, 2.05) is 52.0 Å². The van der Waals surface area contributed by atoms with E-state index < -0.39 is 10.0 Å². The predicted molar refractivity (Wildman–Crippen MR) is 113 cm³/mol. The van der Waals surface area contributed by atoms with Gasteiger partial charge in [0.05, 0.1) is 11.4 Å². The van der Waals surface area contributed by atoms with Gasteiger partial charge in [-0.3, -0.25) is 4.79 Å². The SMILES string of the molecule is CCN(CC)S(=O)(=O)c1ccc([C@H](C)NCC(=O)Nc2cccc(C)c2)cc1. The summed E-state index contributed by atoms with van der Waals surface area (Å²) in [5.41, 5.74) is 2.77. The summed E-state index contributed by atoms with van der Waals surface area (Å²) in [5, 5.41) is 6.02. The van der Waals surface area contributed by atoms with Crippen LogP contribution in [-0.4, -0.2) is 38.3 Å². The van der Waals surface area contributed by atoms with Crippen molar-refractivity contribution in [2.24, 2.45) is 0 Å². The molecule has 6 nitrogen and oxygen atoms in total. The molecule has 0 saturated carbocycles. The van der Waals surface area contributed by atoms with Crippen LogP contribution >= 0.6 is 0 Å². The van der Waals surface area contributed by atoms with E-state index in [-0.39, 0.29) is 23.4 Å². The fourth-order valence-electron chi connectivity index (χ4n) is 2.93. The Kier molecular flexibility index (Phi) is 7.74. The maximum absolute atomic E-state index is 12.5. The number of sulfonamides is 1. The summed E-state index contributed by atoms with van der Waals surface area (Å²) in [7, 11) is -3.46. The van der Waals surface area contributed by atoms with E-state index in [4.69, 9.17) is 0 Å². The standard InChI is InChI=1S/C21H29N3O3S/c1-5-24(6-2)28(26,27)20-12-10-18(11-13-20)17(4)22-15-21(25)23-19-9-7-8-16(3)14-19/h7-14,17,22H,5-6,15H2,1-4H3,(H,23,25)/t17-/m0/s1. The van der Waals surface area contributed by atoms with Crippen LogP contribution in [0, 0.1) is 6.92 Å². The van der Waals surface area contributed by atoms with Gasteiger partial charge in [0.2, 0.25) is 15.9 Å². The zero-order valence-corrected chi connectivity index (χ0v) is 17.7. The van der Waals surface area contributed by atoms with Crippen molar-refractivity contribution in [2.75, 3.05) is 25.0 Å². The Hall–Kier alpha value is -2.22. The quantitative estimate of drug-likeness (QED) is 0.673. The first-order chi connectivity index (χ1) is 13.3. The normalized spacial score (nSPS) is 12.8. The Balaban J connectivity index is 1.95. The molecule has 0 unspecified atom stereocenters. The molecule has 2 rings (SSSR count). The average Bonchev–Trinajstić information content (AvgIpc) is 2.67. The Bertz CT molecular complexity index is 891. The molecule has 28 heavy (non-hydrogen) atoms. The number of hydrogen-bond donors (Lipinski definition) is 2. The summed E-state index contributed by atoms with van der Waals surface area (Å²) in [5.74, 6) is -0.127. The third kappa shape index (κ3) is 5.64. The summed E-state index contributed by atoms with van der Waals surface area (Å²) < 4.78 is 26.5. The molecule has 0 spiro atoms. The van der Waals surface area contributed by atoms with E-state index in [9.17, 15) is 13.2 Å². The maximum atomic E-state index is 12.5. The van der Waals surface area contributed by atoms with Crippen molar-refractivity contribution in [1.82, 2.24) is 9.62 Å². The van der Waals surface area contributed by atoms with Crippen molar-refractivity contribution < 1.29 is 13.2 Å². The number of benzene rings is 2. The van der Waals surface area contributed by atoms with E-state index in [1.165, 1.54) is 4.31 Å². The number of nitrogens with zero attached hydrogens (tertiary/aromatic N) is 1. The molecule has 0 heterocycles. The number of carbonyl (C=O) groups excluding carboxylic acids is 1. The molecule has 2 aromatic rings. The lowest BCUT2D eigenvalue weighted by atomic mass is 10.1. The summed E-state index contributed by atoms with van der Waals surface area (Å²) in [6.07, 6.45) is 0. The molecule has 1 atom stereocenters. The Morgan fingerprint density at radius 3 is 2.29 bits per heavy atom. The number of nitrogens with one attached hydrogen (secondary N) is 2. The fraction of sp³-hybridized carbons (Fsp3) is 0.381. The summed E-state index contributed by atoms with van der Waals surface area (Å²) in [4.78, 5) is 12.4. The first-order valence-corrected chi connectivity index (χ1v) is 10.9. The average molecular weight is 404 g/mol. The predicted octanol–water partition coefficient (Wildman–Crippen LogP) is 3.31. The van der Waals surface area contributed by atoms with Crippen molar-refractivity contribution in [1.29, 1.82) is 0 Å². The van der Waals surface area contributed by atoms with Gasteiger partial charge >= 0.3 is 0 Å². The third-order valence-electron chi connectivity index (χ3n) is 4.59. The second kappa shape index (κ2) is 9.82.